The number of aliphatic hydroxyl groups is 1. The fraction of sp³-hybridized carbons (Fsp3) is 0.429. The molecule has 3 nitrogen and oxygen atoms in total. The van der Waals surface area contributed by atoms with E-state index in [1.165, 1.54) is 32.5 Å². The Hall–Kier alpha value is -2.53. The third kappa shape index (κ3) is 10.00. The number of benzene rings is 3. The van der Waals surface area contributed by atoms with E-state index in [1.54, 1.807) is 0 Å². The molecule has 0 aliphatic heterocycles. The summed E-state index contributed by atoms with van der Waals surface area (Å²) in [6.07, 6.45) is 6.67. The summed E-state index contributed by atoms with van der Waals surface area (Å²) in [5.41, 5.74) is 5.24. The fourth-order valence-corrected chi connectivity index (χ4v) is 7.93. The van der Waals surface area contributed by atoms with Crippen LogP contribution in [0, 0.1) is 16.9 Å². The third-order valence-electron chi connectivity index (χ3n) is 10.2. The van der Waals surface area contributed by atoms with Crippen molar-refractivity contribution in [1.82, 2.24) is 4.98 Å². The van der Waals surface area contributed by atoms with Crippen molar-refractivity contribution in [3.63, 3.8) is 0 Å². The van der Waals surface area contributed by atoms with Crippen LogP contribution in [0.3, 0.4) is 0 Å². The van der Waals surface area contributed by atoms with Gasteiger partial charge in [0, 0.05) is 37.0 Å². The van der Waals surface area contributed by atoms with Gasteiger partial charge < -0.3 is 5.11 Å². The Bertz CT molecular complexity index is 1640. The van der Waals surface area contributed by atoms with Gasteiger partial charge in [0.05, 0.1) is 0 Å². The van der Waals surface area contributed by atoms with E-state index in [1.807, 2.05) is 47.7 Å². The van der Waals surface area contributed by atoms with Crippen LogP contribution < -0.4 is 4.40 Å². The van der Waals surface area contributed by atoms with Crippen molar-refractivity contribution in [3.05, 3.63) is 96.4 Å². The molecule has 0 unspecified atom stereocenters. The number of hydrogen-bond acceptors (Lipinski definition) is 3. The van der Waals surface area contributed by atoms with E-state index in [-0.39, 0.29) is 42.5 Å². The Morgan fingerprint density at radius 3 is 1.96 bits per heavy atom. The van der Waals surface area contributed by atoms with Crippen LogP contribution in [-0.4, -0.2) is 29.1 Å². The summed E-state index contributed by atoms with van der Waals surface area (Å²) in [5.74, 6) is 8.03. The summed E-state index contributed by atoms with van der Waals surface area (Å²) in [6.45, 7) is 16.6. The van der Waals surface area contributed by atoms with E-state index >= 15 is 0 Å². The maximum absolute atomic E-state index is 12.2. The summed E-state index contributed by atoms with van der Waals surface area (Å²) in [4.78, 5) is 16.9. The normalized spacial score (nSPS) is 12.4. The molecule has 1 heterocycles. The molecule has 0 bridgehead atoms. The van der Waals surface area contributed by atoms with Gasteiger partial charge in [-0.25, -0.2) is 0 Å². The van der Waals surface area contributed by atoms with Crippen LogP contribution in [0.1, 0.15) is 92.6 Å². The van der Waals surface area contributed by atoms with Crippen LogP contribution in [0.2, 0.25) is 17.3 Å². The molecule has 0 saturated heterocycles. The number of allylic oxidation sites excluding steroid dienone is 2. The molecule has 5 heteroatoms. The van der Waals surface area contributed by atoms with Gasteiger partial charge in [-0.15, -0.1) is 0 Å². The smallest absolute Gasteiger partial charge is 0.164 e. The van der Waals surface area contributed by atoms with Gasteiger partial charge in [-0.1, -0.05) is 47.6 Å². The number of rotatable bonds is 11. The third-order valence-corrected chi connectivity index (χ3v) is 14.5. The molecule has 3 aromatic carbocycles. The van der Waals surface area contributed by atoms with Gasteiger partial charge in [0.15, 0.2) is 5.78 Å². The van der Waals surface area contributed by atoms with Gasteiger partial charge in [-0.3, -0.25) is 4.79 Å². The number of ketones is 1. The van der Waals surface area contributed by atoms with E-state index in [4.69, 9.17) is 0 Å². The second-order valence-electron chi connectivity index (χ2n) is 14.5. The molecule has 0 atom stereocenters. The Morgan fingerprint density at radius 2 is 1.43 bits per heavy atom. The number of hydrogen-bond donors (Lipinski definition) is 1. The van der Waals surface area contributed by atoms with E-state index in [9.17, 15) is 9.90 Å². The van der Waals surface area contributed by atoms with E-state index in [0.717, 1.165) is 42.3 Å². The van der Waals surface area contributed by atoms with Gasteiger partial charge in [0.1, 0.15) is 5.76 Å². The van der Waals surface area contributed by atoms with E-state index < -0.39 is 13.3 Å². The van der Waals surface area contributed by atoms with Crippen LogP contribution in [0.25, 0.3) is 33.2 Å². The van der Waals surface area contributed by atoms with Gasteiger partial charge in [-0.05, 0) is 25.7 Å². The standard InChI is InChI=1S/C27H28GeN.C15H28O2.Ir/c1-19(2)26-17-23(16-22-8-6-7-9-25(22)26)27-18-21(14-15-29-27)20-10-12-24(13-11-20)28(3,4)5;1-7-14(5,8-2)12(16)11-13(17)15(6,9-3)10-4;/h6-15,17-19H,1-5H3;11,16H,7-10H2,1-6H3;/q-1;;/b;12-11-;. The van der Waals surface area contributed by atoms with Crippen LogP contribution >= 0.6 is 0 Å². The van der Waals surface area contributed by atoms with E-state index in [2.05, 4.69) is 109 Å². The second kappa shape index (κ2) is 17.2. The fourth-order valence-electron chi connectivity index (χ4n) is 5.48. The molecule has 0 amide bonds. The molecule has 0 spiro atoms. The molecule has 0 aliphatic rings. The Labute approximate surface area is 301 Å². The van der Waals surface area contributed by atoms with Crippen molar-refractivity contribution in [2.75, 3.05) is 0 Å². The SMILES string of the molecule is CC(C)c1cc(-c2cc(-c3cc[c]([Ge]([CH3])([CH3])[CH3])cc3)ccn2)[c-]c2ccccc12.CCC(C)(CC)C(=O)/C=C(\O)C(C)(CC)CC.[Ir]. The maximum Gasteiger partial charge on any atom is 0.164 e. The van der Waals surface area contributed by atoms with Crippen molar-refractivity contribution in [1.29, 1.82) is 0 Å². The number of fused-ring (bicyclic) bond motifs is 1. The van der Waals surface area contributed by atoms with Gasteiger partial charge >= 0.3 is 171 Å². The van der Waals surface area contributed by atoms with Crippen LogP contribution in [-0.2, 0) is 24.9 Å². The molecule has 1 aromatic heterocycles. The van der Waals surface area contributed by atoms with Crippen molar-refractivity contribution >= 4 is 34.2 Å². The molecule has 255 valence electrons. The zero-order valence-electron chi connectivity index (χ0n) is 30.5. The molecule has 4 aromatic rings. The minimum atomic E-state index is -1.79. The summed E-state index contributed by atoms with van der Waals surface area (Å²) in [7, 11) is 0. The number of pyridine rings is 1. The number of aromatic nitrogens is 1. The molecular formula is C42H56GeIrNO2-. The van der Waals surface area contributed by atoms with Crippen molar-refractivity contribution in [2.45, 2.75) is 104 Å². The summed E-state index contributed by atoms with van der Waals surface area (Å²) >= 11 is -1.79. The Kier molecular flexibility index (Phi) is 14.9. The molecule has 1 radical (unpaired) electrons. The second-order valence-corrected chi connectivity index (χ2v) is 25.2. The predicted octanol–water partition coefficient (Wildman–Crippen LogP) is 11.7. The first-order chi connectivity index (χ1) is 21.6. The first-order valence-corrected chi connectivity index (χ1v) is 24.4. The first-order valence-electron chi connectivity index (χ1n) is 17.1. The van der Waals surface area contributed by atoms with Crippen LogP contribution in [0.15, 0.2) is 84.8 Å². The van der Waals surface area contributed by atoms with Gasteiger partial charge in [-0.2, -0.15) is 0 Å². The number of aliphatic hydroxyl groups excluding tert-OH is 1. The van der Waals surface area contributed by atoms with Crippen molar-refractivity contribution < 1.29 is 30.0 Å². The van der Waals surface area contributed by atoms with Gasteiger partial charge in [0.2, 0.25) is 0 Å². The topological polar surface area (TPSA) is 50.2 Å². The van der Waals surface area contributed by atoms with Crippen molar-refractivity contribution in [2.24, 2.45) is 10.8 Å². The predicted molar refractivity (Wildman–Crippen MR) is 202 cm³/mol. The Morgan fingerprint density at radius 1 is 0.851 bits per heavy atom. The van der Waals surface area contributed by atoms with Crippen molar-refractivity contribution in [3.8, 4) is 22.4 Å². The first kappa shape index (κ1) is 40.6. The monoisotopic (exact) mass is 873 g/mol. The molecule has 1 N–H and O–H groups in total. The molecule has 47 heavy (non-hydrogen) atoms. The quantitative estimate of drug-likeness (QED) is 0.0707. The van der Waals surface area contributed by atoms with Gasteiger partial charge in [0.25, 0.3) is 0 Å². The average Bonchev–Trinajstić information content (AvgIpc) is 3.06. The maximum atomic E-state index is 12.2. The number of carbonyl (C=O) groups excluding carboxylic acids is 1. The molecule has 0 saturated carbocycles. The number of nitrogens with zero attached hydrogens (tertiary/aromatic N) is 1. The zero-order chi connectivity index (χ0) is 34.3. The summed E-state index contributed by atoms with van der Waals surface area (Å²) < 4.78 is 1.53. The zero-order valence-corrected chi connectivity index (χ0v) is 35.0. The molecule has 0 aliphatic carbocycles. The van der Waals surface area contributed by atoms with Crippen LogP contribution in [0.5, 0.6) is 0 Å². The summed E-state index contributed by atoms with van der Waals surface area (Å²) in [6, 6.07) is 27.8. The minimum absolute atomic E-state index is 0. The average molecular weight is 872 g/mol. The Balaban J connectivity index is 0.000000370. The summed E-state index contributed by atoms with van der Waals surface area (Å²) in [5, 5.41) is 12.6. The molecule has 4 rings (SSSR count). The largest absolute Gasteiger partial charge is 0.512 e. The molecular weight excluding hydrogens is 815 g/mol. The minimum Gasteiger partial charge on any atom is -0.512 e. The van der Waals surface area contributed by atoms with E-state index in [0.29, 0.717) is 5.92 Å². The molecule has 0 fully saturated rings. The van der Waals surface area contributed by atoms with Crippen LogP contribution in [0.4, 0.5) is 0 Å². The number of carbonyl (C=O) groups is 1.